The number of hydrogen-bond donors (Lipinski definition) is 2. The molecule has 0 spiro atoms. The van der Waals surface area contributed by atoms with Crippen molar-refractivity contribution in [2.45, 2.75) is 31.8 Å². The number of rotatable bonds is 4. The molecule has 0 saturated carbocycles. The van der Waals surface area contributed by atoms with Gasteiger partial charge in [-0.2, -0.15) is 0 Å². The first kappa shape index (κ1) is 9.68. The zero-order valence-corrected chi connectivity index (χ0v) is 8.33. The maximum Gasteiger partial charge on any atom is 0.150 e. The van der Waals surface area contributed by atoms with Crippen molar-refractivity contribution in [2.75, 3.05) is 13.1 Å². The van der Waals surface area contributed by atoms with Crippen LogP contribution in [0.2, 0.25) is 0 Å². The molecule has 1 aromatic rings. The predicted molar refractivity (Wildman–Crippen MR) is 53.9 cm³/mol. The Morgan fingerprint density at radius 3 is 3.29 bits per heavy atom. The van der Waals surface area contributed by atoms with Crippen molar-refractivity contribution in [2.24, 2.45) is 0 Å². The van der Waals surface area contributed by atoms with Gasteiger partial charge in [0.15, 0.2) is 0 Å². The quantitative estimate of drug-likeness (QED) is 0.749. The van der Waals surface area contributed by atoms with Crippen LogP contribution in [-0.4, -0.2) is 24.3 Å². The molecule has 1 aliphatic rings. The van der Waals surface area contributed by atoms with Crippen molar-refractivity contribution in [3.05, 3.63) is 18.0 Å². The van der Waals surface area contributed by atoms with E-state index in [1.807, 2.05) is 6.07 Å². The van der Waals surface area contributed by atoms with Gasteiger partial charge in [0.25, 0.3) is 0 Å². The van der Waals surface area contributed by atoms with Crippen molar-refractivity contribution in [3.8, 4) is 0 Å². The fourth-order valence-corrected chi connectivity index (χ4v) is 1.80. The second-order valence-electron chi connectivity index (χ2n) is 3.76. The summed E-state index contributed by atoms with van der Waals surface area (Å²) in [5.74, 6) is 0.904. The van der Waals surface area contributed by atoms with Gasteiger partial charge < -0.3 is 15.2 Å². The van der Waals surface area contributed by atoms with Gasteiger partial charge in [-0.1, -0.05) is 11.6 Å². The first-order chi connectivity index (χ1) is 6.95. The van der Waals surface area contributed by atoms with Crippen LogP contribution >= 0.6 is 0 Å². The van der Waals surface area contributed by atoms with Gasteiger partial charge in [0.05, 0.1) is 12.7 Å². The largest absolute Gasteiger partial charge is 0.360 e. The van der Waals surface area contributed by atoms with E-state index in [0.29, 0.717) is 6.04 Å². The van der Waals surface area contributed by atoms with E-state index >= 15 is 0 Å². The van der Waals surface area contributed by atoms with Gasteiger partial charge in [-0.3, -0.25) is 0 Å². The molecule has 1 aromatic heterocycles. The summed E-state index contributed by atoms with van der Waals surface area (Å²) in [5.41, 5.74) is 0. The van der Waals surface area contributed by atoms with E-state index in [4.69, 9.17) is 4.52 Å². The standard InChI is InChI=1S/C10H17N3O/c1-2-5-12-9(3-1)7-11-8-10-4-6-13-14-10/h4,6,9,11-12H,1-3,5,7-8H2. The lowest BCUT2D eigenvalue weighted by atomic mass is 10.1. The summed E-state index contributed by atoms with van der Waals surface area (Å²) in [4.78, 5) is 0. The Hall–Kier alpha value is -0.870. The van der Waals surface area contributed by atoms with Crippen LogP contribution in [0.3, 0.4) is 0 Å². The highest BCUT2D eigenvalue weighted by molar-refractivity contribution is 4.92. The summed E-state index contributed by atoms with van der Waals surface area (Å²) < 4.78 is 4.99. The third-order valence-electron chi connectivity index (χ3n) is 2.59. The SMILES string of the molecule is c1cc(CNCC2CCCCN2)on1. The van der Waals surface area contributed by atoms with Crippen molar-refractivity contribution < 1.29 is 4.52 Å². The fourth-order valence-electron chi connectivity index (χ4n) is 1.80. The highest BCUT2D eigenvalue weighted by Gasteiger charge is 2.11. The van der Waals surface area contributed by atoms with Crippen LogP contribution in [-0.2, 0) is 6.54 Å². The average molecular weight is 195 g/mol. The van der Waals surface area contributed by atoms with Crippen LogP contribution in [0.25, 0.3) is 0 Å². The minimum Gasteiger partial charge on any atom is -0.360 e. The Labute approximate surface area is 84.0 Å². The second kappa shape index (κ2) is 5.12. The van der Waals surface area contributed by atoms with Crippen LogP contribution in [0.4, 0.5) is 0 Å². The average Bonchev–Trinajstić information content (AvgIpc) is 2.72. The summed E-state index contributed by atoms with van der Waals surface area (Å²) in [6, 6.07) is 2.52. The number of aromatic nitrogens is 1. The number of nitrogens with one attached hydrogen (secondary N) is 2. The van der Waals surface area contributed by atoms with E-state index in [-0.39, 0.29) is 0 Å². The van der Waals surface area contributed by atoms with Gasteiger partial charge >= 0.3 is 0 Å². The van der Waals surface area contributed by atoms with Crippen LogP contribution in [0, 0.1) is 0 Å². The van der Waals surface area contributed by atoms with Gasteiger partial charge in [-0.05, 0) is 19.4 Å². The lowest BCUT2D eigenvalue weighted by molar-refractivity contribution is 0.351. The van der Waals surface area contributed by atoms with E-state index in [1.165, 1.54) is 19.3 Å². The lowest BCUT2D eigenvalue weighted by Crippen LogP contribution is -2.41. The number of nitrogens with zero attached hydrogens (tertiary/aromatic N) is 1. The van der Waals surface area contributed by atoms with E-state index in [9.17, 15) is 0 Å². The van der Waals surface area contributed by atoms with Crippen LogP contribution in [0.5, 0.6) is 0 Å². The predicted octanol–water partition coefficient (Wildman–Crippen LogP) is 0.906. The molecule has 0 bridgehead atoms. The minimum absolute atomic E-state index is 0.631. The van der Waals surface area contributed by atoms with Crippen molar-refractivity contribution >= 4 is 0 Å². The smallest absolute Gasteiger partial charge is 0.150 e. The summed E-state index contributed by atoms with van der Waals surface area (Å²) in [6.07, 6.45) is 5.62. The topological polar surface area (TPSA) is 50.1 Å². The van der Waals surface area contributed by atoms with E-state index in [0.717, 1.165) is 25.4 Å². The third kappa shape index (κ3) is 2.82. The zero-order valence-electron chi connectivity index (χ0n) is 8.33. The molecule has 78 valence electrons. The molecule has 0 aliphatic carbocycles. The maximum atomic E-state index is 4.99. The third-order valence-corrected chi connectivity index (χ3v) is 2.59. The molecule has 1 saturated heterocycles. The summed E-state index contributed by atoms with van der Waals surface area (Å²) >= 11 is 0. The Balaban J connectivity index is 1.62. The summed E-state index contributed by atoms with van der Waals surface area (Å²) in [5, 5.41) is 10.5. The molecular formula is C10H17N3O. The van der Waals surface area contributed by atoms with Gasteiger partial charge in [0.1, 0.15) is 5.76 Å². The first-order valence-corrected chi connectivity index (χ1v) is 5.29. The molecule has 4 heteroatoms. The molecule has 1 aliphatic heterocycles. The van der Waals surface area contributed by atoms with Gasteiger partial charge in [0, 0.05) is 18.7 Å². The molecule has 2 N–H and O–H groups in total. The van der Waals surface area contributed by atoms with Crippen LogP contribution in [0.15, 0.2) is 16.8 Å². The Bertz CT molecular complexity index is 242. The molecule has 1 unspecified atom stereocenters. The molecular weight excluding hydrogens is 178 g/mol. The molecule has 0 aromatic carbocycles. The fraction of sp³-hybridized carbons (Fsp3) is 0.700. The Kier molecular flexibility index (Phi) is 3.54. The first-order valence-electron chi connectivity index (χ1n) is 5.29. The van der Waals surface area contributed by atoms with E-state index in [2.05, 4.69) is 15.8 Å². The summed E-state index contributed by atoms with van der Waals surface area (Å²) in [7, 11) is 0. The molecule has 0 radical (unpaired) electrons. The van der Waals surface area contributed by atoms with Crippen molar-refractivity contribution in [1.29, 1.82) is 0 Å². The number of piperidine rings is 1. The maximum absolute atomic E-state index is 4.99. The second-order valence-corrected chi connectivity index (χ2v) is 3.76. The van der Waals surface area contributed by atoms with Crippen molar-refractivity contribution in [3.63, 3.8) is 0 Å². The van der Waals surface area contributed by atoms with E-state index < -0.39 is 0 Å². The Morgan fingerprint density at radius 1 is 1.57 bits per heavy atom. The highest BCUT2D eigenvalue weighted by Crippen LogP contribution is 2.06. The molecule has 4 nitrogen and oxygen atoms in total. The molecule has 2 heterocycles. The minimum atomic E-state index is 0.631. The van der Waals surface area contributed by atoms with Crippen LogP contribution in [0.1, 0.15) is 25.0 Å². The van der Waals surface area contributed by atoms with Crippen molar-refractivity contribution in [1.82, 2.24) is 15.8 Å². The number of hydrogen-bond acceptors (Lipinski definition) is 4. The van der Waals surface area contributed by atoms with Gasteiger partial charge in [0.2, 0.25) is 0 Å². The molecule has 2 rings (SSSR count). The van der Waals surface area contributed by atoms with Gasteiger partial charge in [-0.15, -0.1) is 0 Å². The molecule has 1 atom stereocenters. The highest BCUT2D eigenvalue weighted by atomic mass is 16.5. The van der Waals surface area contributed by atoms with Crippen LogP contribution < -0.4 is 10.6 Å². The Morgan fingerprint density at radius 2 is 2.57 bits per heavy atom. The van der Waals surface area contributed by atoms with E-state index in [1.54, 1.807) is 6.20 Å². The lowest BCUT2D eigenvalue weighted by Gasteiger charge is -2.23. The molecule has 0 amide bonds. The van der Waals surface area contributed by atoms with Gasteiger partial charge in [-0.25, -0.2) is 0 Å². The summed E-state index contributed by atoms with van der Waals surface area (Å²) in [6.45, 7) is 2.95. The molecule has 1 fully saturated rings. The zero-order chi connectivity index (χ0) is 9.64. The monoisotopic (exact) mass is 195 g/mol. The molecule has 14 heavy (non-hydrogen) atoms. The normalized spacial score (nSPS) is 22.4.